The molecule has 238 valence electrons. The number of benzene rings is 3. The minimum absolute atomic E-state index is 0.0191. The first kappa shape index (κ1) is 31.3. The van der Waals surface area contributed by atoms with Gasteiger partial charge in [0.15, 0.2) is 23.0 Å². The molecule has 3 aromatic carbocycles. The molecule has 1 aliphatic rings. The highest BCUT2D eigenvalue weighted by molar-refractivity contribution is 6.30. The highest BCUT2D eigenvalue weighted by Gasteiger charge is 2.29. The third-order valence-corrected chi connectivity index (χ3v) is 8.15. The number of hydrogen-bond donors (Lipinski definition) is 4. The van der Waals surface area contributed by atoms with E-state index in [0.717, 1.165) is 27.8 Å². The number of rotatable bonds is 8. The van der Waals surface area contributed by atoms with E-state index in [4.69, 9.17) is 11.6 Å². The predicted octanol–water partition coefficient (Wildman–Crippen LogP) is 5.27. The average Bonchev–Trinajstić information content (AvgIpc) is 3.67. The standard InChI is InChI=1S/C33H25ClF2N6O5/c1-16-20-9-11-25(22(20)8-7-21(16)33(46)47)40-32(45)28-13-26(30(43)37-15-17-2-10-23(35)24(36)12-17)39-29-14-27(41-42(28)29)31(44)38-19-5-3-18(34)4-6-19/h2-8,10,12-14,25H,9,11,15H2,1H3,(H,37,43)(H,38,44)(H,40,45)(H,46,47)/t25-/m0/s1. The number of anilines is 1. The Balaban J connectivity index is 1.32. The summed E-state index contributed by atoms with van der Waals surface area (Å²) in [5, 5.41) is 22.5. The number of carboxylic acid groups (broad SMARTS) is 1. The molecule has 0 radical (unpaired) electrons. The summed E-state index contributed by atoms with van der Waals surface area (Å²) in [6.45, 7) is 1.57. The van der Waals surface area contributed by atoms with Crippen molar-refractivity contribution >= 4 is 46.6 Å². The summed E-state index contributed by atoms with van der Waals surface area (Å²) in [6.07, 6.45) is 1.06. The van der Waals surface area contributed by atoms with Crippen LogP contribution in [0, 0.1) is 18.6 Å². The average molecular weight is 659 g/mol. The Bertz CT molecular complexity index is 2100. The van der Waals surface area contributed by atoms with E-state index in [2.05, 4.69) is 26.0 Å². The second kappa shape index (κ2) is 12.6. The van der Waals surface area contributed by atoms with Crippen molar-refractivity contribution in [2.75, 3.05) is 5.32 Å². The van der Waals surface area contributed by atoms with Crippen LogP contribution in [-0.4, -0.2) is 43.4 Å². The molecule has 6 rings (SSSR count). The topological polar surface area (TPSA) is 155 Å². The summed E-state index contributed by atoms with van der Waals surface area (Å²) in [5.74, 6) is -5.09. The highest BCUT2D eigenvalue weighted by atomic mass is 35.5. The summed E-state index contributed by atoms with van der Waals surface area (Å²) >= 11 is 5.93. The maximum absolute atomic E-state index is 13.8. The summed E-state index contributed by atoms with van der Waals surface area (Å²) < 4.78 is 28.2. The number of aromatic nitrogens is 3. The van der Waals surface area contributed by atoms with Crippen molar-refractivity contribution in [3.63, 3.8) is 0 Å². The minimum atomic E-state index is -1.07. The molecule has 0 saturated carbocycles. The molecule has 0 spiro atoms. The van der Waals surface area contributed by atoms with Crippen LogP contribution in [0.1, 0.15) is 76.5 Å². The molecular formula is C33H25ClF2N6O5. The van der Waals surface area contributed by atoms with Crippen molar-refractivity contribution in [1.29, 1.82) is 0 Å². The molecule has 0 fully saturated rings. The van der Waals surface area contributed by atoms with Crippen LogP contribution in [0.4, 0.5) is 14.5 Å². The highest BCUT2D eigenvalue weighted by Crippen LogP contribution is 2.35. The van der Waals surface area contributed by atoms with Gasteiger partial charge in [-0.05, 0) is 84.5 Å². The van der Waals surface area contributed by atoms with Gasteiger partial charge in [0, 0.05) is 29.4 Å². The molecule has 3 amide bonds. The van der Waals surface area contributed by atoms with Crippen LogP contribution in [-0.2, 0) is 13.0 Å². The van der Waals surface area contributed by atoms with Crippen molar-refractivity contribution < 1.29 is 33.1 Å². The summed E-state index contributed by atoms with van der Waals surface area (Å²) in [5.41, 5.74) is 2.80. The van der Waals surface area contributed by atoms with E-state index in [9.17, 15) is 33.1 Å². The van der Waals surface area contributed by atoms with E-state index in [1.807, 2.05) is 0 Å². The second-order valence-corrected chi connectivity index (χ2v) is 11.3. The number of carbonyl (C=O) groups excluding carboxylic acids is 3. The largest absolute Gasteiger partial charge is 0.478 e. The van der Waals surface area contributed by atoms with Crippen LogP contribution in [0.3, 0.4) is 0 Å². The molecule has 2 heterocycles. The lowest BCUT2D eigenvalue weighted by atomic mass is 9.98. The SMILES string of the molecule is Cc1c(C(=O)O)ccc2c1CC[C@@H]2NC(=O)c1cc(C(=O)NCc2ccc(F)c(F)c2)nc2cc(C(=O)Nc3ccc(Cl)cc3)nn12. The van der Waals surface area contributed by atoms with Gasteiger partial charge in [0.05, 0.1) is 11.6 Å². The molecule has 11 nitrogen and oxygen atoms in total. The number of carboxylic acids is 1. The predicted molar refractivity (Wildman–Crippen MR) is 167 cm³/mol. The number of carbonyl (C=O) groups is 4. The van der Waals surface area contributed by atoms with Gasteiger partial charge in [-0.15, -0.1) is 0 Å². The van der Waals surface area contributed by atoms with Gasteiger partial charge < -0.3 is 21.1 Å². The first-order chi connectivity index (χ1) is 22.5. The molecule has 0 unspecified atom stereocenters. The summed E-state index contributed by atoms with van der Waals surface area (Å²) in [6, 6.07) is 14.9. The van der Waals surface area contributed by atoms with Crippen LogP contribution in [0.5, 0.6) is 0 Å². The molecule has 1 atom stereocenters. The Labute approximate surface area is 270 Å². The number of fused-ring (bicyclic) bond motifs is 2. The molecule has 2 aromatic heterocycles. The smallest absolute Gasteiger partial charge is 0.335 e. The van der Waals surface area contributed by atoms with Crippen molar-refractivity contribution in [2.45, 2.75) is 32.4 Å². The third-order valence-electron chi connectivity index (χ3n) is 7.89. The van der Waals surface area contributed by atoms with Gasteiger partial charge in [-0.1, -0.05) is 23.7 Å². The van der Waals surface area contributed by atoms with E-state index in [1.165, 1.54) is 24.3 Å². The minimum Gasteiger partial charge on any atom is -0.478 e. The first-order valence-electron chi connectivity index (χ1n) is 14.3. The molecule has 0 bridgehead atoms. The van der Waals surface area contributed by atoms with E-state index in [-0.39, 0.29) is 34.8 Å². The van der Waals surface area contributed by atoms with Gasteiger partial charge in [-0.25, -0.2) is 23.1 Å². The zero-order valence-corrected chi connectivity index (χ0v) is 25.4. The second-order valence-electron chi connectivity index (χ2n) is 10.9. The Morgan fingerprint density at radius 2 is 1.70 bits per heavy atom. The monoisotopic (exact) mass is 658 g/mol. The molecule has 47 heavy (non-hydrogen) atoms. The molecule has 5 aromatic rings. The molecule has 4 N–H and O–H groups in total. The van der Waals surface area contributed by atoms with Crippen molar-refractivity contribution in [3.8, 4) is 0 Å². The summed E-state index contributed by atoms with van der Waals surface area (Å²) in [7, 11) is 0. The number of nitrogens with one attached hydrogen (secondary N) is 3. The lowest BCUT2D eigenvalue weighted by molar-refractivity contribution is 0.0695. The fourth-order valence-electron chi connectivity index (χ4n) is 5.51. The number of amides is 3. The fraction of sp³-hybridized carbons (Fsp3) is 0.152. The van der Waals surface area contributed by atoms with Gasteiger partial charge in [0.1, 0.15) is 11.4 Å². The molecule has 0 aliphatic heterocycles. The van der Waals surface area contributed by atoms with E-state index < -0.39 is 41.4 Å². The number of halogens is 3. The van der Waals surface area contributed by atoms with Gasteiger partial charge in [0.25, 0.3) is 17.7 Å². The zero-order valence-electron chi connectivity index (χ0n) is 24.6. The normalized spacial score (nSPS) is 13.7. The van der Waals surface area contributed by atoms with Gasteiger partial charge in [-0.3, -0.25) is 14.4 Å². The van der Waals surface area contributed by atoms with Gasteiger partial charge >= 0.3 is 5.97 Å². The Hall–Kier alpha value is -5.69. The van der Waals surface area contributed by atoms with Crippen LogP contribution >= 0.6 is 11.6 Å². The van der Waals surface area contributed by atoms with Crippen LogP contribution in [0.2, 0.25) is 5.02 Å². The van der Waals surface area contributed by atoms with Crippen LogP contribution < -0.4 is 16.0 Å². The molecule has 14 heteroatoms. The van der Waals surface area contributed by atoms with Crippen molar-refractivity contribution in [1.82, 2.24) is 25.2 Å². The maximum Gasteiger partial charge on any atom is 0.335 e. The lowest BCUT2D eigenvalue weighted by Crippen LogP contribution is -2.30. The number of hydrogen-bond acceptors (Lipinski definition) is 6. The fourth-order valence-corrected chi connectivity index (χ4v) is 5.63. The molecule has 1 aliphatic carbocycles. The lowest BCUT2D eigenvalue weighted by Gasteiger charge is -2.16. The maximum atomic E-state index is 13.8. The molecular weight excluding hydrogens is 634 g/mol. The van der Waals surface area contributed by atoms with Crippen molar-refractivity contribution in [2.24, 2.45) is 0 Å². The first-order valence-corrected chi connectivity index (χ1v) is 14.7. The Kier molecular flexibility index (Phi) is 8.39. The number of aromatic carboxylic acids is 1. The number of nitrogens with zero attached hydrogens (tertiary/aromatic N) is 3. The third kappa shape index (κ3) is 6.38. The molecule has 0 saturated heterocycles. The van der Waals surface area contributed by atoms with Gasteiger partial charge in [-0.2, -0.15) is 5.10 Å². The zero-order chi connectivity index (χ0) is 33.4. The van der Waals surface area contributed by atoms with Crippen LogP contribution in [0.15, 0.2) is 66.7 Å². The van der Waals surface area contributed by atoms with Gasteiger partial charge in [0.2, 0.25) is 0 Å². The Morgan fingerprint density at radius 1 is 0.936 bits per heavy atom. The summed E-state index contributed by atoms with van der Waals surface area (Å²) in [4.78, 5) is 56.0. The van der Waals surface area contributed by atoms with E-state index in [1.54, 1.807) is 37.3 Å². The van der Waals surface area contributed by atoms with Crippen LogP contribution in [0.25, 0.3) is 5.65 Å². The van der Waals surface area contributed by atoms with E-state index in [0.29, 0.717) is 34.7 Å². The quantitative estimate of drug-likeness (QED) is 0.177. The Morgan fingerprint density at radius 3 is 2.43 bits per heavy atom. The van der Waals surface area contributed by atoms with E-state index >= 15 is 0 Å². The van der Waals surface area contributed by atoms with Crippen molar-refractivity contribution in [3.05, 3.63) is 128 Å².